The summed E-state index contributed by atoms with van der Waals surface area (Å²) in [7, 11) is 1.57. The number of thiazole rings is 1. The molecular formula is C13H14FNO2S. The number of halogens is 1. The molecule has 2 aromatic rings. The van der Waals surface area contributed by atoms with Gasteiger partial charge >= 0.3 is 4.87 Å². The minimum atomic E-state index is -0.405. The molecule has 1 heterocycles. The van der Waals surface area contributed by atoms with E-state index in [0.29, 0.717) is 6.42 Å². The lowest BCUT2D eigenvalue weighted by Crippen LogP contribution is -2.02. The molecule has 0 saturated carbocycles. The van der Waals surface area contributed by atoms with Crippen LogP contribution in [0.5, 0.6) is 0 Å². The number of hydrogen-bond acceptors (Lipinski definition) is 3. The predicted octanol–water partition coefficient (Wildman–Crippen LogP) is 3.15. The molecule has 0 aliphatic carbocycles. The van der Waals surface area contributed by atoms with E-state index < -0.39 is 6.67 Å². The monoisotopic (exact) mass is 267 g/mol. The fraction of sp³-hybridized carbons (Fsp3) is 0.308. The van der Waals surface area contributed by atoms with Crippen LogP contribution < -0.4 is 4.87 Å². The maximum Gasteiger partial charge on any atom is 0.304 e. The van der Waals surface area contributed by atoms with Gasteiger partial charge in [-0.15, -0.1) is 0 Å². The van der Waals surface area contributed by atoms with Crippen molar-refractivity contribution in [2.75, 3.05) is 13.8 Å². The highest BCUT2D eigenvalue weighted by molar-refractivity contribution is 7.07. The Kier molecular flexibility index (Phi) is 4.28. The maximum absolute atomic E-state index is 12.3. The normalized spacial score (nSPS) is 12.6. The maximum atomic E-state index is 12.3. The zero-order valence-corrected chi connectivity index (χ0v) is 10.8. The number of alkyl halides is 1. The molecule has 0 spiro atoms. The Morgan fingerprint density at radius 2 is 2.11 bits per heavy atom. The lowest BCUT2D eigenvalue weighted by atomic mass is 10.0. The molecule has 1 N–H and O–H groups in total. The van der Waals surface area contributed by atoms with Crippen LogP contribution in [-0.4, -0.2) is 18.8 Å². The van der Waals surface area contributed by atoms with Crippen molar-refractivity contribution in [1.82, 2.24) is 4.98 Å². The number of H-pyrrole nitrogens is 1. The number of benzene rings is 1. The van der Waals surface area contributed by atoms with Crippen LogP contribution in [0.3, 0.4) is 0 Å². The highest BCUT2D eigenvalue weighted by atomic mass is 32.1. The third kappa shape index (κ3) is 2.86. The van der Waals surface area contributed by atoms with E-state index in [4.69, 9.17) is 4.74 Å². The van der Waals surface area contributed by atoms with E-state index in [2.05, 4.69) is 4.98 Å². The quantitative estimate of drug-likeness (QED) is 0.904. The van der Waals surface area contributed by atoms with Crippen LogP contribution in [0, 0.1) is 0 Å². The predicted molar refractivity (Wildman–Crippen MR) is 70.7 cm³/mol. The molecule has 0 saturated heterocycles. The van der Waals surface area contributed by atoms with Gasteiger partial charge in [-0.3, -0.25) is 9.18 Å². The van der Waals surface area contributed by atoms with E-state index in [1.54, 1.807) is 12.5 Å². The zero-order chi connectivity index (χ0) is 13.0. The SMILES string of the molecule is COC(CCF)c1ccc(-c2csc(=O)[nH]2)cc1. The molecule has 0 amide bonds. The van der Waals surface area contributed by atoms with Crippen LogP contribution in [0.4, 0.5) is 4.39 Å². The van der Waals surface area contributed by atoms with Gasteiger partial charge in [0.15, 0.2) is 0 Å². The Hall–Kier alpha value is -1.46. The van der Waals surface area contributed by atoms with Crippen LogP contribution in [0.25, 0.3) is 11.3 Å². The second kappa shape index (κ2) is 5.93. The summed E-state index contributed by atoms with van der Waals surface area (Å²) in [5, 5.41) is 1.78. The first kappa shape index (κ1) is 13.0. The molecule has 1 unspecified atom stereocenters. The van der Waals surface area contributed by atoms with Gasteiger partial charge in [-0.2, -0.15) is 0 Å². The van der Waals surface area contributed by atoms with Gasteiger partial charge in [0.25, 0.3) is 0 Å². The Morgan fingerprint density at radius 3 is 2.61 bits per heavy atom. The van der Waals surface area contributed by atoms with E-state index in [1.807, 2.05) is 24.3 Å². The van der Waals surface area contributed by atoms with E-state index in [0.717, 1.165) is 28.2 Å². The molecule has 1 aromatic heterocycles. The molecule has 0 fully saturated rings. The number of rotatable bonds is 5. The molecule has 3 nitrogen and oxygen atoms in total. The van der Waals surface area contributed by atoms with E-state index >= 15 is 0 Å². The number of methoxy groups -OCH3 is 1. The molecule has 0 aliphatic heterocycles. The summed E-state index contributed by atoms with van der Waals surface area (Å²) in [5.41, 5.74) is 2.68. The van der Waals surface area contributed by atoms with Crippen LogP contribution in [-0.2, 0) is 4.74 Å². The van der Waals surface area contributed by atoms with Gasteiger partial charge in [-0.05, 0) is 11.1 Å². The van der Waals surface area contributed by atoms with Crippen LogP contribution in [0.1, 0.15) is 18.1 Å². The van der Waals surface area contributed by atoms with Gasteiger partial charge in [0, 0.05) is 18.9 Å². The van der Waals surface area contributed by atoms with Crippen molar-refractivity contribution in [3.05, 3.63) is 44.9 Å². The zero-order valence-electron chi connectivity index (χ0n) is 9.98. The van der Waals surface area contributed by atoms with Crippen molar-refractivity contribution < 1.29 is 9.13 Å². The Bertz CT molecular complexity index is 547. The Labute approximate surface area is 108 Å². The number of ether oxygens (including phenoxy) is 1. The summed E-state index contributed by atoms with van der Waals surface area (Å²) in [6.45, 7) is -0.405. The molecule has 0 radical (unpaired) electrons. The largest absolute Gasteiger partial charge is 0.377 e. The van der Waals surface area contributed by atoms with Crippen molar-refractivity contribution in [3.63, 3.8) is 0 Å². The van der Waals surface area contributed by atoms with Crippen molar-refractivity contribution >= 4 is 11.3 Å². The molecule has 0 bridgehead atoms. The molecule has 5 heteroatoms. The van der Waals surface area contributed by atoms with Crippen LogP contribution in [0.15, 0.2) is 34.4 Å². The van der Waals surface area contributed by atoms with Gasteiger partial charge in [-0.1, -0.05) is 35.6 Å². The average molecular weight is 267 g/mol. The first-order chi connectivity index (χ1) is 8.74. The standard InChI is InChI=1S/C13H14FNO2S/c1-17-12(6-7-14)10-4-2-9(3-5-10)11-8-18-13(16)15-11/h2-5,8,12H,6-7H2,1H3,(H,15,16). The molecule has 2 rings (SSSR count). The summed E-state index contributed by atoms with van der Waals surface area (Å²) in [4.78, 5) is 13.8. The molecule has 96 valence electrons. The van der Waals surface area contributed by atoms with Gasteiger partial charge in [-0.25, -0.2) is 0 Å². The highest BCUT2D eigenvalue weighted by Gasteiger charge is 2.10. The van der Waals surface area contributed by atoms with E-state index in [9.17, 15) is 9.18 Å². The number of nitrogens with one attached hydrogen (secondary N) is 1. The van der Waals surface area contributed by atoms with Crippen LogP contribution >= 0.6 is 11.3 Å². The van der Waals surface area contributed by atoms with Crippen molar-refractivity contribution in [2.24, 2.45) is 0 Å². The lowest BCUT2D eigenvalue weighted by Gasteiger charge is -2.14. The second-order valence-corrected chi connectivity index (χ2v) is 4.73. The second-order valence-electron chi connectivity index (χ2n) is 3.89. The Balaban J connectivity index is 2.21. The third-order valence-corrected chi connectivity index (χ3v) is 3.44. The fourth-order valence-corrected chi connectivity index (χ4v) is 2.41. The molecule has 0 aliphatic rings. The number of aromatic amines is 1. The van der Waals surface area contributed by atoms with E-state index in [1.165, 1.54) is 0 Å². The molecular weight excluding hydrogens is 253 g/mol. The van der Waals surface area contributed by atoms with Crippen molar-refractivity contribution in [3.8, 4) is 11.3 Å². The van der Waals surface area contributed by atoms with Gasteiger partial charge in [0.2, 0.25) is 0 Å². The highest BCUT2D eigenvalue weighted by Crippen LogP contribution is 2.24. The van der Waals surface area contributed by atoms with Gasteiger partial charge in [0.1, 0.15) is 0 Å². The third-order valence-electron chi connectivity index (χ3n) is 2.77. The topological polar surface area (TPSA) is 42.1 Å². The molecule has 1 aromatic carbocycles. The summed E-state index contributed by atoms with van der Waals surface area (Å²) < 4.78 is 17.6. The minimum absolute atomic E-state index is 0.0683. The smallest absolute Gasteiger partial charge is 0.304 e. The van der Waals surface area contributed by atoms with Gasteiger partial charge in [0.05, 0.1) is 18.5 Å². The fourth-order valence-electron chi connectivity index (χ4n) is 1.82. The summed E-state index contributed by atoms with van der Waals surface area (Å²) in [6.07, 6.45) is 0.135. The average Bonchev–Trinajstić information content (AvgIpc) is 2.83. The van der Waals surface area contributed by atoms with Crippen molar-refractivity contribution in [2.45, 2.75) is 12.5 Å². The van der Waals surface area contributed by atoms with Gasteiger partial charge < -0.3 is 9.72 Å². The molecule has 18 heavy (non-hydrogen) atoms. The van der Waals surface area contributed by atoms with E-state index in [-0.39, 0.29) is 11.0 Å². The summed E-state index contributed by atoms with van der Waals surface area (Å²) in [6, 6.07) is 7.60. The Morgan fingerprint density at radius 1 is 1.39 bits per heavy atom. The van der Waals surface area contributed by atoms with Crippen molar-refractivity contribution in [1.29, 1.82) is 0 Å². The number of aromatic nitrogens is 1. The molecule has 1 atom stereocenters. The first-order valence-corrected chi connectivity index (χ1v) is 6.49. The lowest BCUT2D eigenvalue weighted by molar-refractivity contribution is 0.0890. The number of hydrogen-bond donors (Lipinski definition) is 1. The summed E-state index contributed by atoms with van der Waals surface area (Å²) >= 11 is 1.14. The first-order valence-electron chi connectivity index (χ1n) is 5.61. The summed E-state index contributed by atoms with van der Waals surface area (Å²) in [5.74, 6) is 0. The van der Waals surface area contributed by atoms with Crippen LogP contribution in [0.2, 0.25) is 0 Å². The minimum Gasteiger partial charge on any atom is -0.377 e.